The molecule has 9 heteroatoms. The van der Waals surface area contributed by atoms with Crippen LogP contribution in [0.4, 0.5) is 0 Å². The smallest absolute Gasteiger partial charge is 0.246 e. The van der Waals surface area contributed by atoms with E-state index in [2.05, 4.69) is 30.7 Å². The number of hydrogen-bond donors (Lipinski definition) is 2. The van der Waals surface area contributed by atoms with Gasteiger partial charge < -0.3 is 24.8 Å². The van der Waals surface area contributed by atoms with Crippen LogP contribution >= 0.6 is 24.0 Å². The summed E-state index contributed by atoms with van der Waals surface area (Å²) in [5, 5.41) is 10.8. The zero-order valence-corrected chi connectivity index (χ0v) is 19.6. The summed E-state index contributed by atoms with van der Waals surface area (Å²) in [5.74, 6) is 1.90. The van der Waals surface area contributed by atoms with Gasteiger partial charge in [-0.3, -0.25) is 4.99 Å². The van der Waals surface area contributed by atoms with E-state index in [1.807, 2.05) is 13.8 Å². The molecule has 160 valence electrons. The summed E-state index contributed by atoms with van der Waals surface area (Å²) in [6, 6.07) is 1.29. The summed E-state index contributed by atoms with van der Waals surface area (Å²) in [4.78, 5) is 11.4. The molecule has 0 spiro atoms. The Balaban J connectivity index is 0.00000280. The molecular formula is C19H35IN6O2. The van der Waals surface area contributed by atoms with Crippen molar-refractivity contribution < 1.29 is 9.26 Å². The topological polar surface area (TPSA) is 87.8 Å². The maximum Gasteiger partial charge on any atom is 0.246 e. The number of aliphatic imine (C=N–C) groups is 1. The molecule has 0 aromatic carbocycles. The standard InChI is InChI=1S/C19H34N6O2.HI/c1-4-26-14(2)18-23-17(27-24-18)13-21-19(20-3)22-15-9-11-25(12-10-15)16-7-5-6-8-16;/h14-16H,4-13H2,1-3H3,(H2,20,21,22);1H. The van der Waals surface area contributed by atoms with Gasteiger partial charge in [0, 0.05) is 38.8 Å². The lowest BCUT2D eigenvalue weighted by molar-refractivity contribution is 0.0683. The molecule has 1 unspecified atom stereocenters. The highest BCUT2D eigenvalue weighted by molar-refractivity contribution is 14.0. The first-order chi connectivity index (χ1) is 13.2. The van der Waals surface area contributed by atoms with Crippen LogP contribution in [0.2, 0.25) is 0 Å². The Morgan fingerprint density at radius 1 is 1.29 bits per heavy atom. The number of nitrogens with one attached hydrogen (secondary N) is 2. The minimum absolute atomic E-state index is 0. The van der Waals surface area contributed by atoms with Crippen molar-refractivity contribution >= 4 is 29.9 Å². The zero-order chi connectivity index (χ0) is 19.1. The van der Waals surface area contributed by atoms with Crippen LogP contribution in [0.25, 0.3) is 0 Å². The highest BCUT2D eigenvalue weighted by Crippen LogP contribution is 2.26. The van der Waals surface area contributed by atoms with Crippen LogP contribution < -0.4 is 10.6 Å². The second-order valence-corrected chi connectivity index (χ2v) is 7.46. The quantitative estimate of drug-likeness (QED) is 0.334. The molecule has 0 bridgehead atoms. The lowest BCUT2D eigenvalue weighted by atomic mass is 10.0. The fraction of sp³-hybridized carbons (Fsp3) is 0.842. The Hall–Kier alpha value is -0.940. The van der Waals surface area contributed by atoms with Gasteiger partial charge in [0.2, 0.25) is 5.89 Å². The average molecular weight is 506 g/mol. The van der Waals surface area contributed by atoms with Gasteiger partial charge in [-0.1, -0.05) is 18.0 Å². The van der Waals surface area contributed by atoms with Gasteiger partial charge in [-0.25, -0.2) is 0 Å². The third-order valence-electron chi connectivity index (χ3n) is 5.61. The van der Waals surface area contributed by atoms with Crippen molar-refractivity contribution in [3.8, 4) is 0 Å². The summed E-state index contributed by atoms with van der Waals surface area (Å²) in [5.41, 5.74) is 0. The van der Waals surface area contributed by atoms with E-state index in [1.165, 1.54) is 38.8 Å². The summed E-state index contributed by atoms with van der Waals surface area (Å²) in [6.07, 6.45) is 7.74. The molecule has 1 atom stereocenters. The molecule has 2 heterocycles. The molecule has 1 saturated heterocycles. The molecule has 2 N–H and O–H groups in total. The van der Waals surface area contributed by atoms with Crippen molar-refractivity contribution in [3.63, 3.8) is 0 Å². The third kappa shape index (κ3) is 6.55. The molecule has 2 aliphatic rings. The molecule has 1 saturated carbocycles. The van der Waals surface area contributed by atoms with Gasteiger partial charge >= 0.3 is 0 Å². The van der Waals surface area contributed by atoms with Gasteiger partial charge in [-0.05, 0) is 39.5 Å². The first kappa shape index (κ1) is 23.3. The van der Waals surface area contributed by atoms with Crippen LogP contribution in [-0.2, 0) is 11.3 Å². The van der Waals surface area contributed by atoms with Crippen molar-refractivity contribution in [1.29, 1.82) is 0 Å². The summed E-state index contributed by atoms with van der Waals surface area (Å²) in [6.45, 7) is 7.31. The van der Waals surface area contributed by atoms with Crippen molar-refractivity contribution in [3.05, 3.63) is 11.7 Å². The summed E-state index contributed by atoms with van der Waals surface area (Å²) in [7, 11) is 1.79. The molecule has 3 rings (SSSR count). The summed E-state index contributed by atoms with van der Waals surface area (Å²) >= 11 is 0. The predicted octanol–water partition coefficient (Wildman–Crippen LogP) is 2.86. The SMILES string of the molecule is CCOC(C)c1noc(CNC(=NC)NC2CCN(C3CCCC3)CC2)n1.I. The molecule has 1 aromatic rings. The second-order valence-electron chi connectivity index (χ2n) is 7.46. The molecule has 1 aliphatic heterocycles. The molecule has 0 amide bonds. The summed E-state index contributed by atoms with van der Waals surface area (Å²) < 4.78 is 10.8. The molecule has 2 fully saturated rings. The monoisotopic (exact) mass is 506 g/mol. The maximum atomic E-state index is 5.49. The van der Waals surface area contributed by atoms with Crippen LogP contribution in [0.5, 0.6) is 0 Å². The van der Waals surface area contributed by atoms with E-state index in [0.717, 1.165) is 24.8 Å². The van der Waals surface area contributed by atoms with Crippen LogP contribution in [0.3, 0.4) is 0 Å². The average Bonchev–Trinajstić information content (AvgIpc) is 3.38. The lowest BCUT2D eigenvalue weighted by Gasteiger charge is -2.36. The minimum Gasteiger partial charge on any atom is -0.371 e. The van der Waals surface area contributed by atoms with E-state index in [0.29, 0.717) is 30.9 Å². The van der Waals surface area contributed by atoms with Crippen LogP contribution in [-0.4, -0.2) is 59.8 Å². The highest BCUT2D eigenvalue weighted by Gasteiger charge is 2.27. The number of likely N-dealkylation sites (tertiary alicyclic amines) is 1. The Morgan fingerprint density at radius 2 is 2.00 bits per heavy atom. The van der Waals surface area contributed by atoms with Crippen LogP contribution in [0.15, 0.2) is 9.52 Å². The fourth-order valence-electron chi connectivity index (χ4n) is 4.06. The molecule has 0 radical (unpaired) electrons. The number of rotatable bonds is 7. The Morgan fingerprint density at radius 3 is 2.64 bits per heavy atom. The molecule has 1 aliphatic carbocycles. The maximum absolute atomic E-state index is 5.49. The minimum atomic E-state index is -0.157. The number of piperidine rings is 1. The van der Waals surface area contributed by atoms with E-state index in [1.54, 1.807) is 7.05 Å². The Labute approximate surface area is 185 Å². The Kier molecular flexibility index (Phi) is 9.93. The van der Waals surface area contributed by atoms with E-state index in [9.17, 15) is 0 Å². The normalized spacial score (nSPS) is 20.8. The van der Waals surface area contributed by atoms with Gasteiger partial charge in [0.25, 0.3) is 0 Å². The molecular weight excluding hydrogens is 471 g/mol. The van der Waals surface area contributed by atoms with Gasteiger partial charge in [0.15, 0.2) is 11.8 Å². The van der Waals surface area contributed by atoms with Gasteiger partial charge in [0.1, 0.15) is 6.10 Å². The number of ether oxygens (including phenoxy) is 1. The van der Waals surface area contributed by atoms with Crippen molar-refractivity contribution in [2.24, 2.45) is 4.99 Å². The van der Waals surface area contributed by atoms with E-state index in [-0.39, 0.29) is 30.1 Å². The molecule has 1 aromatic heterocycles. The first-order valence-electron chi connectivity index (χ1n) is 10.3. The van der Waals surface area contributed by atoms with E-state index >= 15 is 0 Å². The van der Waals surface area contributed by atoms with Crippen molar-refractivity contribution in [2.45, 2.75) is 77.1 Å². The van der Waals surface area contributed by atoms with Gasteiger partial charge in [0.05, 0.1) is 6.54 Å². The fourth-order valence-corrected chi connectivity index (χ4v) is 4.06. The first-order valence-corrected chi connectivity index (χ1v) is 10.3. The number of aromatic nitrogens is 2. The largest absolute Gasteiger partial charge is 0.371 e. The van der Waals surface area contributed by atoms with Gasteiger partial charge in [-0.2, -0.15) is 4.98 Å². The van der Waals surface area contributed by atoms with E-state index in [4.69, 9.17) is 9.26 Å². The molecule has 8 nitrogen and oxygen atoms in total. The highest BCUT2D eigenvalue weighted by atomic mass is 127. The predicted molar refractivity (Wildman–Crippen MR) is 120 cm³/mol. The van der Waals surface area contributed by atoms with E-state index < -0.39 is 0 Å². The second kappa shape index (κ2) is 11.9. The third-order valence-corrected chi connectivity index (χ3v) is 5.61. The number of hydrogen-bond acceptors (Lipinski definition) is 6. The van der Waals surface area contributed by atoms with Gasteiger partial charge in [-0.15, -0.1) is 24.0 Å². The molecule has 28 heavy (non-hydrogen) atoms. The zero-order valence-electron chi connectivity index (χ0n) is 17.3. The van der Waals surface area contributed by atoms with Crippen LogP contribution in [0.1, 0.15) is 70.2 Å². The number of halogens is 1. The lowest BCUT2D eigenvalue weighted by Crippen LogP contribution is -2.50. The number of guanidine groups is 1. The van der Waals surface area contributed by atoms with Crippen molar-refractivity contribution in [1.82, 2.24) is 25.7 Å². The van der Waals surface area contributed by atoms with Crippen LogP contribution in [0, 0.1) is 0 Å². The van der Waals surface area contributed by atoms with Crippen molar-refractivity contribution in [2.75, 3.05) is 26.7 Å². The number of nitrogens with zero attached hydrogens (tertiary/aromatic N) is 4. The Bertz CT molecular complexity index is 597.